The van der Waals surface area contributed by atoms with Crippen LogP contribution in [0.5, 0.6) is 0 Å². The van der Waals surface area contributed by atoms with Crippen molar-refractivity contribution >= 4 is 35.8 Å². The maximum absolute atomic E-state index is 11.9. The number of halogens is 1. The van der Waals surface area contributed by atoms with Crippen molar-refractivity contribution < 1.29 is 4.79 Å². The van der Waals surface area contributed by atoms with Crippen LogP contribution < -0.4 is 10.6 Å². The van der Waals surface area contributed by atoms with Crippen molar-refractivity contribution in [2.75, 3.05) is 13.6 Å². The highest BCUT2D eigenvalue weighted by Gasteiger charge is 2.21. The summed E-state index contributed by atoms with van der Waals surface area (Å²) in [5, 5.41) is 6.99. The fraction of sp³-hybridized carbons (Fsp3) is 0.600. The Kier molecular flexibility index (Phi) is 8.68. The van der Waals surface area contributed by atoms with E-state index in [2.05, 4.69) is 39.9 Å². The molecule has 0 atom stereocenters. The van der Waals surface area contributed by atoms with Gasteiger partial charge in [-0.1, -0.05) is 43.5 Å². The average Bonchev–Trinajstić information content (AvgIpc) is 3.05. The predicted molar refractivity (Wildman–Crippen MR) is 117 cm³/mol. The van der Waals surface area contributed by atoms with Gasteiger partial charge in [-0.25, -0.2) is 0 Å². The first kappa shape index (κ1) is 21.0. The first-order valence-electron chi connectivity index (χ1n) is 9.58. The summed E-state index contributed by atoms with van der Waals surface area (Å²) < 4.78 is 0. The third kappa shape index (κ3) is 5.86. The van der Waals surface area contributed by atoms with Crippen molar-refractivity contribution in [3.63, 3.8) is 0 Å². The topological polar surface area (TPSA) is 56.7 Å². The Bertz CT molecular complexity index is 614. The van der Waals surface area contributed by atoms with E-state index in [-0.39, 0.29) is 29.9 Å². The molecule has 2 aliphatic rings. The van der Waals surface area contributed by atoms with Crippen molar-refractivity contribution in [1.29, 1.82) is 0 Å². The van der Waals surface area contributed by atoms with Crippen LogP contribution in [0.2, 0.25) is 0 Å². The van der Waals surface area contributed by atoms with Crippen molar-refractivity contribution in [2.24, 2.45) is 4.99 Å². The summed E-state index contributed by atoms with van der Waals surface area (Å²) in [4.78, 5) is 18.2. The minimum absolute atomic E-state index is 0. The fourth-order valence-electron chi connectivity index (χ4n) is 3.77. The third-order valence-electron chi connectivity index (χ3n) is 5.27. The molecule has 0 spiro atoms. The van der Waals surface area contributed by atoms with Gasteiger partial charge in [0.2, 0.25) is 5.91 Å². The molecule has 1 saturated heterocycles. The Labute approximate surface area is 174 Å². The maximum Gasteiger partial charge on any atom is 0.222 e. The summed E-state index contributed by atoms with van der Waals surface area (Å²) in [6.07, 6.45) is 8.10. The van der Waals surface area contributed by atoms with Crippen molar-refractivity contribution in [3.8, 4) is 0 Å². The van der Waals surface area contributed by atoms with Gasteiger partial charge in [0.1, 0.15) is 0 Å². The normalized spacial score (nSPS) is 18.6. The van der Waals surface area contributed by atoms with Gasteiger partial charge in [-0.3, -0.25) is 9.79 Å². The zero-order valence-corrected chi connectivity index (χ0v) is 18.0. The van der Waals surface area contributed by atoms with E-state index in [0.29, 0.717) is 19.0 Å². The molecule has 0 unspecified atom stereocenters. The molecule has 26 heavy (non-hydrogen) atoms. The lowest BCUT2D eigenvalue weighted by molar-refractivity contribution is -0.128. The highest BCUT2D eigenvalue weighted by Crippen LogP contribution is 2.18. The molecule has 2 N–H and O–H groups in total. The number of guanidine groups is 1. The number of carbonyl (C=O) groups is 1. The van der Waals surface area contributed by atoms with Crippen LogP contribution in [-0.4, -0.2) is 36.4 Å². The highest BCUT2D eigenvalue weighted by molar-refractivity contribution is 14.0. The molecule has 2 fully saturated rings. The van der Waals surface area contributed by atoms with Gasteiger partial charge in [0, 0.05) is 39.1 Å². The number of hydrogen-bond donors (Lipinski definition) is 2. The second kappa shape index (κ2) is 10.7. The highest BCUT2D eigenvalue weighted by atomic mass is 127. The molecule has 1 aliphatic heterocycles. The van der Waals surface area contributed by atoms with Crippen LogP contribution in [0.3, 0.4) is 0 Å². The number of aliphatic imine (C=N–C) groups is 1. The molecule has 144 valence electrons. The number of likely N-dealkylation sites (tertiary alicyclic amines) is 1. The largest absolute Gasteiger partial charge is 0.354 e. The first-order chi connectivity index (χ1) is 12.3. The lowest BCUT2D eigenvalue weighted by atomic mass is 9.96. The lowest BCUT2D eigenvalue weighted by Gasteiger charge is -2.25. The Morgan fingerprint density at radius 2 is 1.88 bits per heavy atom. The SMILES string of the molecule is CN=C(NCc1ccccc1CN1CCCC1=O)NC1CCCCC1.I. The number of nitrogens with zero attached hydrogens (tertiary/aromatic N) is 2. The fourth-order valence-corrected chi connectivity index (χ4v) is 3.77. The van der Waals surface area contributed by atoms with Crippen molar-refractivity contribution in [2.45, 2.75) is 64.1 Å². The Morgan fingerprint density at radius 1 is 1.15 bits per heavy atom. The Hall–Kier alpha value is -1.31. The van der Waals surface area contributed by atoms with E-state index in [1.807, 2.05) is 11.9 Å². The molecule has 1 saturated carbocycles. The van der Waals surface area contributed by atoms with E-state index in [0.717, 1.165) is 25.5 Å². The molecule has 5 nitrogen and oxygen atoms in total. The Morgan fingerprint density at radius 3 is 2.54 bits per heavy atom. The average molecular weight is 470 g/mol. The summed E-state index contributed by atoms with van der Waals surface area (Å²) in [6, 6.07) is 8.91. The first-order valence-corrected chi connectivity index (χ1v) is 9.58. The molecule has 0 aromatic heterocycles. The van der Waals surface area contributed by atoms with Crippen LogP contribution in [0.1, 0.15) is 56.1 Å². The van der Waals surface area contributed by atoms with Crippen LogP contribution in [0.15, 0.2) is 29.3 Å². The van der Waals surface area contributed by atoms with E-state index in [1.54, 1.807) is 0 Å². The monoisotopic (exact) mass is 470 g/mol. The zero-order chi connectivity index (χ0) is 17.5. The standard InChI is InChI=1S/C20H30N4O.HI/c1-21-20(23-18-10-3-2-4-11-18)22-14-16-8-5-6-9-17(16)15-24-13-7-12-19(24)25;/h5-6,8-9,18H,2-4,7,10-15H2,1H3,(H2,21,22,23);1H. The van der Waals surface area contributed by atoms with Crippen molar-refractivity contribution in [3.05, 3.63) is 35.4 Å². The van der Waals surface area contributed by atoms with Crippen LogP contribution >= 0.6 is 24.0 Å². The minimum Gasteiger partial charge on any atom is -0.354 e. The van der Waals surface area contributed by atoms with Gasteiger partial charge in [-0.15, -0.1) is 24.0 Å². The van der Waals surface area contributed by atoms with Crippen LogP contribution in [0.25, 0.3) is 0 Å². The molecule has 1 aromatic rings. The van der Waals surface area contributed by atoms with Gasteiger partial charge in [0.25, 0.3) is 0 Å². The smallest absolute Gasteiger partial charge is 0.222 e. The molecule has 1 amide bonds. The van der Waals surface area contributed by atoms with Gasteiger partial charge in [-0.2, -0.15) is 0 Å². The van der Waals surface area contributed by atoms with E-state index in [1.165, 1.54) is 43.2 Å². The number of carbonyl (C=O) groups excluding carboxylic acids is 1. The van der Waals surface area contributed by atoms with Crippen LogP contribution in [0, 0.1) is 0 Å². The quantitative estimate of drug-likeness (QED) is 0.394. The van der Waals surface area contributed by atoms with Gasteiger partial charge < -0.3 is 15.5 Å². The van der Waals surface area contributed by atoms with Gasteiger partial charge in [0.05, 0.1) is 0 Å². The van der Waals surface area contributed by atoms with E-state index in [4.69, 9.17) is 0 Å². The third-order valence-corrected chi connectivity index (χ3v) is 5.27. The molecule has 6 heteroatoms. The molecular weight excluding hydrogens is 439 g/mol. The molecule has 1 aromatic carbocycles. The summed E-state index contributed by atoms with van der Waals surface area (Å²) in [7, 11) is 1.83. The molecule has 1 heterocycles. The zero-order valence-electron chi connectivity index (χ0n) is 15.7. The van der Waals surface area contributed by atoms with Gasteiger partial charge >= 0.3 is 0 Å². The lowest BCUT2D eigenvalue weighted by Crippen LogP contribution is -2.44. The number of benzene rings is 1. The second-order valence-electron chi connectivity index (χ2n) is 7.09. The van der Waals surface area contributed by atoms with E-state index >= 15 is 0 Å². The van der Waals surface area contributed by atoms with Gasteiger partial charge in [0.15, 0.2) is 5.96 Å². The number of hydrogen-bond acceptors (Lipinski definition) is 2. The minimum atomic E-state index is 0. The second-order valence-corrected chi connectivity index (χ2v) is 7.09. The predicted octanol–water partition coefficient (Wildman–Crippen LogP) is 3.42. The van der Waals surface area contributed by atoms with E-state index in [9.17, 15) is 4.79 Å². The van der Waals surface area contributed by atoms with Gasteiger partial charge in [-0.05, 0) is 30.4 Å². The number of amides is 1. The molecule has 0 bridgehead atoms. The summed E-state index contributed by atoms with van der Waals surface area (Å²) >= 11 is 0. The molecular formula is C20H31IN4O. The van der Waals surface area contributed by atoms with Crippen LogP contribution in [0.4, 0.5) is 0 Å². The summed E-state index contributed by atoms with van der Waals surface area (Å²) in [6.45, 7) is 2.32. The number of nitrogens with one attached hydrogen (secondary N) is 2. The Balaban J connectivity index is 0.00000243. The molecule has 1 aliphatic carbocycles. The van der Waals surface area contributed by atoms with E-state index < -0.39 is 0 Å². The maximum atomic E-state index is 11.9. The molecule has 3 rings (SSSR count). The summed E-state index contributed by atoms with van der Waals surface area (Å²) in [5.41, 5.74) is 2.45. The molecule has 0 radical (unpaired) electrons. The van der Waals surface area contributed by atoms with Crippen molar-refractivity contribution in [1.82, 2.24) is 15.5 Å². The summed E-state index contributed by atoms with van der Waals surface area (Å²) in [5.74, 6) is 1.15. The number of rotatable bonds is 5. The van der Waals surface area contributed by atoms with Crippen LogP contribution in [-0.2, 0) is 17.9 Å².